The van der Waals surface area contributed by atoms with E-state index in [-0.39, 0.29) is 11.3 Å². The van der Waals surface area contributed by atoms with E-state index in [1.54, 1.807) is 0 Å². The normalized spacial score (nSPS) is 9.50. The third-order valence-corrected chi connectivity index (χ3v) is 2.55. The minimum atomic E-state index is -0.575. The van der Waals surface area contributed by atoms with Crippen molar-refractivity contribution in [1.29, 1.82) is 5.26 Å². The summed E-state index contributed by atoms with van der Waals surface area (Å²) in [6.07, 6.45) is 0. The van der Waals surface area contributed by atoms with Gasteiger partial charge in [-0.15, -0.1) is 0 Å². The predicted octanol–water partition coefficient (Wildman–Crippen LogP) is 1.56. The van der Waals surface area contributed by atoms with Crippen molar-refractivity contribution in [3.8, 4) is 6.07 Å². The van der Waals surface area contributed by atoms with E-state index >= 15 is 0 Å². The van der Waals surface area contributed by atoms with Gasteiger partial charge >= 0.3 is 0 Å². The Hall–Kier alpha value is -1.20. The maximum absolute atomic E-state index is 10.5. The van der Waals surface area contributed by atoms with Crippen LogP contribution in [0.15, 0.2) is 12.1 Å². The summed E-state index contributed by atoms with van der Waals surface area (Å²) < 4.78 is 0.508. The molecule has 0 amide bonds. The van der Waals surface area contributed by atoms with Crippen molar-refractivity contribution in [3.63, 3.8) is 0 Å². The summed E-state index contributed by atoms with van der Waals surface area (Å²) in [6.45, 7) is -0.443. The number of benzene rings is 1. The largest absolute Gasteiger partial charge is 0.391 e. The van der Waals surface area contributed by atoms with Gasteiger partial charge in [-0.2, -0.15) is 5.26 Å². The number of nitriles is 1. The van der Waals surface area contributed by atoms with E-state index in [1.165, 1.54) is 12.1 Å². The molecule has 0 heterocycles. The number of aliphatic hydroxyl groups is 1. The van der Waals surface area contributed by atoms with Crippen LogP contribution in [0.5, 0.6) is 0 Å². The average molecular weight is 304 g/mol. The number of nitrogens with zero attached hydrogens (tertiary/aromatic N) is 2. The summed E-state index contributed by atoms with van der Waals surface area (Å²) in [7, 11) is 0. The Morgan fingerprint density at radius 2 is 2.29 bits per heavy atom. The fraction of sp³-hybridized carbons (Fsp3) is 0.125. The average Bonchev–Trinajstić information content (AvgIpc) is 2.17. The third-order valence-electron chi connectivity index (χ3n) is 1.66. The molecule has 1 rings (SSSR count). The maximum atomic E-state index is 10.5. The molecule has 6 heteroatoms. The highest BCUT2D eigenvalue weighted by Crippen LogP contribution is 2.24. The Labute approximate surface area is 93.3 Å². The number of nitro groups is 1. The van der Waals surface area contributed by atoms with E-state index in [0.717, 1.165) is 0 Å². The first-order valence-electron chi connectivity index (χ1n) is 3.58. The standard InChI is InChI=1S/C8H5IN2O3/c9-7-2-8(11(13)14)6(4-12)1-5(7)3-10/h1-2,12H,4H2. The Bertz CT molecular complexity index is 425. The Morgan fingerprint density at radius 1 is 1.64 bits per heavy atom. The molecule has 0 saturated heterocycles. The lowest BCUT2D eigenvalue weighted by Crippen LogP contribution is -1.98. The second-order valence-electron chi connectivity index (χ2n) is 2.49. The van der Waals surface area contributed by atoms with E-state index < -0.39 is 11.5 Å². The van der Waals surface area contributed by atoms with Crippen molar-refractivity contribution in [2.24, 2.45) is 0 Å². The van der Waals surface area contributed by atoms with Gasteiger partial charge < -0.3 is 5.11 Å². The fourth-order valence-corrected chi connectivity index (χ4v) is 1.56. The summed E-state index contributed by atoms with van der Waals surface area (Å²) in [5.74, 6) is 0. The Kier molecular flexibility index (Phi) is 3.38. The van der Waals surface area contributed by atoms with Crippen LogP contribution in [0.3, 0.4) is 0 Å². The molecule has 0 radical (unpaired) electrons. The topological polar surface area (TPSA) is 87.2 Å². The van der Waals surface area contributed by atoms with Crippen LogP contribution in [-0.4, -0.2) is 10.0 Å². The van der Waals surface area contributed by atoms with Crippen LogP contribution in [0.25, 0.3) is 0 Å². The van der Waals surface area contributed by atoms with Crippen LogP contribution >= 0.6 is 22.6 Å². The molecule has 1 aromatic rings. The van der Waals surface area contributed by atoms with Crippen LogP contribution in [0.1, 0.15) is 11.1 Å². The van der Waals surface area contributed by atoms with Gasteiger partial charge in [-0.05, 0) is 28.7 Å². The summed E-state index contributed by atoms with van der Waals surface area (Å²) >= 11 is 1.84. The summed E-state index contributed by atoms with van der Waals surface area (Å²) in [5, 5.41) is 28.1. The zero-order chi connectivity index (χ0) is 10.7. The van der Waals surface area contributed by atoms with Gasteiger partial charge in [0.1, 0.15) is 6.07 Å². The quantitative estimate of drug-likeness (QED) is 0.510. The molecule has 0 fully saturated rings. The lowest BCUT2D eigenvalue weighted by molar-refractivity contribution is -0.385. The smallest absolute Gasteiger partial charge is 0.276 e. The SMILES string of the molecule is N#Cc1cc(CO)c([N+](=O)[O-])cc1I. The zero-order valence-corrected chi connectivity index (χ0v) is 9.06. The molecule has 0 aliphatic carbocycles. The third kappa shape index (κ3) is 2.00. The maximum Gasteiger partial charge on any atom is 0.276 e. The van der Waals surface area contributed by atoms with E-state index in [0.29, 0.717) is 9.13 Å². The van der Waals surface area contributed by atoms with Crippen LogP contribution in [-0.2, 0) is 6.61 Å². The first-order chi connectivity index (χ1) is 6.60. The predicted molar refractivity (Wildman–Crippen MR) is 56.5 cm³/mol. The lowest BCUT2D eigenvalue weighted by Gasteiger charge is -2.01. The van der Waals surface area contributed by atoms with Crippen LogP contribution in [0, 0.1) is 25.0 Å². The van der Waals surface area contributed by atoms with Crippen LogP contribution in [0.4, 0.5) is 5.69 Å². The Morgan fingerprint density at radius 3 is 2.71 bits per heavy atom. The molecule has 1 aromatic carbocycles. The molecule has 0 bridgehead atoms. The number of aliphatic hydroxyl groups excluding tert-OH is 1. The molecule has 5 nitrogen and oxygen atoms in total. The Balaban J connectivity index is 3.41. The van der Waals surface area contributed by atoms with E-state index in [1.807, 2.05) is 28.7 Å². The highest BCUT2D eigenvalue weighted by Gasteiger charge is 2.16. The molecular formula is C8H5IN2O3. The number of hydrogen-bond acceptors (Lipinski definition) is 4. The molecule has 0 aromatic heterocycles. The fourth-order valence-electron chi connectivity index (χ4n) is 0.990. The van der Waals surface area contributed by atoms with Crippen LogP contribution < -0.4 is 0 Å². The van der Waals surface area contributed by atoms with Gasteiger partial charge in [-0.25, -0.2) is 0 Å². The molecule has 1 N–H and O–H groups in total. The molecule has 0 saturated carbocycles. The van der Waals surface area contributed by atoms with Crippen molar-refractivity contribution in [2.75, 3.05) is 0 Å². The van der Waals surface area contributed by atoms with Gasteiger partial charge in [0.05, 0.1) is 22.7 Å². The minimum absolute atomic E-state index is 0.157. The molecule has 14 heavy (non-hydrogen) atoms. The molecule has 0 unspecified atom stereocenters. The van der Waals surface area contributed by atoms with E-state index in [4.69, 9.17) is 10.4 Å². The minimum Gasteiger partial charge on any atom is -0.391 e. The molecular weight excluding hydrogens is 299 g/mol. The van der Waals surface area contributed by atoms with E-state index in [9.17, 15) is 10.1 Å². The first kappa shape index (κ1) is 10.9. The van der Waals surface area contributed by atoms with E-state index in [2.05, 4.69) is 0 Å². The van der Waals surface area contributed by atoms with Crippen LogP contribution in [0.2, 0.25) is 0 Å². The number of halogens is 1. The first-order valence-corrected chi connectivity index (χ1v) is 4.65. The number of nitro benzene ring substituents is 1. The molecule has 0 aliphatic rings. The van der Waals surface area contributed by atoms with Crippen molar-refractivity contribution < 1.29 is 10.0 Å². The highest BCUT2D eigenvalue weighted by atomic mass is 127. The van der Waals surface area contributed by atoms with Crippen molar-refractivity contribution in [1.82, 2.24) is 0 Å². The van der Waals surface area contributed by atoms with Crippen molar-refractivity contribution in [3.05, 3.63) is 36.9 Å². The summed E-state index contributed by atoms with van der Waals surface area (Å²) in [4.78, 5) is 9.97. The van der Waals surface area contributed by atoms with Gasteiger partial charge in [0, 0.05) is 9.64 Å². The summed E-state index contributed by atoms with van der Waals surface area (Å²) in [5.41, 5.74) is 0.336. The molecule has 0 aliphatic heterocycles. The van der Waals surface area contributed by atoms with Gasteiger partial charge in [-0.1, -0.05) is 0 Å². The second kappa shape index (κ2) is 4.34. The zero-order valence-electron chi connectivity index (χ0n) is 6.90. The number of hydrogen-bond donors (Lipinski definition) is 1. The van der Waals surface area contributed by atoms with Gasteiger partial charge in [0.2, 0.25) is 0 Å². The lowest BCUT2D eigenvalue weighted by atomic mass is 10.1. The number of rotatable bonds is 2. The monoisotopic (exact) mass is 304 g/mol. The molecule has 0 spiro atoms. The second-order valence-corrected chi connectivity index (χ2v) is 3.65. The van der Waals surface area contributed by atoms with Gasteiger partial charge in [0.25, 0.3) is 5.69 Å². The molecule has 72 valence electrons. The van der Waals surface area contributed by atoms with Gasteiger partial charge in [0.15, 0.2) is 0 Å². The molecule has 0 atom stereocenters. The highest BCUT2D eigenvalue weighted by molar-refractivity contribution is 14.1. The van der Waals surface area contributed by atoms with Crippen molar-refractivity contribution in [2.45, 2.75) is 6.61 Å². The summed E-state index contributed by atoms with van der Waals surface area (Å²) in [6, 6.07) is 4.51. The van der Waals surface area contributed by atoms with Crippen molar-refractivity contribution >= 4 is 28.3 Å². The van der Waals surface area contributed by atoms with Gasteiger partial charge in [-0.3, -0.25) is 10.1 Å².